The van der Waals surface area contributed by atoms with Gasteiger partial charge in [-0.05, 0) is 69.9 Å². The van der Waals surface area contributed by atoms with Gasteiger partial charge in [-0.15, -0.1) is 5.10 Å². The average molecular weight is 552 g/mol. The molecule has 6 N–H and O–H groups in total. The molecule has 0 aromatic carbocycles. The van der Waals surface area contributed by atoms with E-state index in [2.05, 4.69) is 31.2 Å². The average Bonchev–Trinajstić information content (AvgIpc) is 3.44. The first-order valence-corrected chi connectivity index (χ1v) is 14.2. The molecule has 0 spiro atoms. The number of rotatable bonds is 8. The molecule has 0 radical (unpaired) electrons. The molecule has 0 bridgehead atoms. The molecule has 3 aromatic rings. The maximum atomic E-state index is 13.1. The van der Waals surface area contributed by atoms with Crippen LogP contribution in [0.5, 0.6) is 0 Å². The first-order chi connectivity index (χ1) is 18.9. The van der Waals surface area contributed by atoms with Gasteiger partial charge in [0, 0.05) is 48.0 Å². The van der Waals surface area contributed by atoms with Gasteiger partial charge in [0.25, 0.3) is 5.91 Å². The van der Waals surface area contributed by atoms with Crippen LogP contribution in [0.15, 0.2) is 30.6 Å². The zero-order valence-electron chi connectivity index (χ0n) is 21.7. The third-order valence-corrected chi connectivity index (χ3v) is 8.10. The number of amides is 2. The van der Waals surface area contributed by atoms with Crippen molar-refractivity contribution >= 4 is 46.3 Å². The van der Waals surface area contributed by atoms with Crippen LogP contribution in [0.2, 0.25) is 5.15 Å². The second-order valence-electron chi connectivity index (χ2n) is 11.0. The minimum Gasteiger partial charge on any atom is -0.379 e. The normalized spacial score (nSPS) is 24.9. The van der Waals surface area contributed by atoms with E-state index in [4.69, 9.17) is 22.4 Å². The molecule has 0 aliphatic heterocycles. The van der Waals surface area contributed by atoms with Crippen molar-refractivity contribution in [2.45, 2.75) is 82.0 Å². The van der Waals surface area contributed by atoms with Crippen molar-refractivity contribution in [3.8, 4) is 0 Å². The minimum atomic E-state index is -0.341. The fraction of sp³-hybridized carbons (Fsp3) is 0.519. The van der Waals surface area contributed by atoms with Crippen LogP contribution in [0.1, 0.15) is 68.3 Å². The molecule has 3 heterocycles. The smallest absolute Gasteiger partial charge is 0.276 e. The highest BCUT2D eigenvalue weighted by molar-refractivity contribution is 6.29. The number of anilines is 3. The standard InChI is InChI=1S/C27H34ClN9O2/c28-23-12-20(9-10-30-23)35-27(39)22-14-31-25-21(32-17-3-4-17)13-24(36-37(22)25)33-18-5-7-19(8-6-18)34-26(38)15-1-2-16(29)11-15/h9-10,12-19,32H,1-8,11,29H2,(H,33,36)(H,34,38)(H,30,35,39)/t15-,16+,18?,19?/m0/s1. The molecule has 206 valence electrons. The van der Waals surface area contributed by atoms with Crippen molar-refractivity contribution in [1.82, 2.24) is 24.9 Å². The van der Waals surface area contributed by atoms with E-state index in [1.165, 1.54) is 12.4 Å². The molecular formula is C27H34ClN9O2. The molecule has 0 unspecified atom stereocenters. The lowest BCUT2D eigenvalue weighted by atomic mass is 9.90. The Morgan fingerprint density at radius 1 is 0.949 bits per heavy atom. The molecule has 2 amide bonds. The zero-order chi connectivity index (χ0) is 26.9. The van der Waals surface area contributed by atoms with Crippen molar-refractivity contribution in [3.05, 3.63) is 41.4 Å². The summed E-state index contributed by atoms with van der Waals surface area (Å²) in [4.78, 5) is 34.2. The molecule has 3 saturated carbocycles. The van der Waals surface area contributed by atoms with Gasteiger partial charge in [0.2, 0.25) is 5.91 Å². The summed E-state index contributed by atoms with van der Waals surface area (Å²) in [6, 6.07) is 6.21. The van der Waals surface area contributed by atoms with Crippen LogP contribution < -0.4 is 27.0 Å². The highest BCUT2D eigenvalue weighted by atomic mass is 35.5. The van der Waals surface area contributed by atoms with Gasteiger partial charge in [-0.1, -0.05) is 11.6 Å². The predicted octanol–water partition coefficient (Wildman–Crippen LogP) is 3.57. The van der Waals surface area contributed by atoms with Crippen LogP contribution in [0.25, 0.3) is 5.65 Å². The number of halogens is 1. The van der Waals surface area contributed by atoms with E-state index in [0.29, 0.717) is 34.0 Å². The molecule has 3 aliphatic rings. The number of hydrogen-bond acceptors (Lipinski definition) is 8. The van der Waals surface area contributed by atoms with E-state index in [-0.39, 0.29) is 35.9 Å². The van der Waals surface area contributed by atoms with Crippen molar-refractivity contribution in [3.63, 3.8) is 0 Å². The van der Waals surface area contributed by atoms with Crippen LogP contribution in [-0.2, 0) is 4.79 Å². The number of nitrogens with two attached hydrogens (primary N) is 1. The van der Waals surface area contributed by atoms with E-state index in [1.807, 2.05) is 6.07 Å². The van der Waals surface area contributed by atoms with Gasteiger partial charge in [-0.25, -0.2) is 14.5 Å². The minimum absolute atomic E-state index is 0.0567. The molecular weight excluding hydrogens is 518 g/mol. The Morgan fingerprint density at radius 2 is 1.69 bits per heavy atom. The van der Waals surface area contributed by atoms with Crippen LogP contribution in [-0.4, -0.2) is 55.6 Å². The summed E-state index contributed by atoms with van der Waals surface area (Å²) in [5.41, 5.74) is 8.29. The molecule has 39 heavy (non-hydrogen) atoms. The third kappa shape index (κ3) is 6.09. The first kappa shape index (κ1) is 25.8. The number of aromatic nitrogens is 4. The third-order valence-electron chi connectivity index (χ3n) is 7.89. The Hall–Kier alpha value is -3.44. The maximum absolute atomic E-state index is 13.1. The summed E-state index contributed by atoms with van der Waals surface area (Å²) >= 11 is 5.97. The monoisotopic (exact) mass is 551 g/mol. The number of carbonyl (C=O) groups excluding carboxylic acids is 2. The fourth-order valence-electron chi connectivity index (χ4n) is 5.59. The van der Waals surface area contributed by atoms with Crippen molar-refractivity contribution in [2.24, 2.45) is 11.7 Å². The van der Waals surface area contributed by atoms with Gasteiger partial charge in [-0.3, -0.25) is 9.59 Å². The van der Waals surface area contributed by atoms with Gasteiger partial charge in [0.15, 0.2) is 11.3 Å². The number of hydrogen-bond donors (Lipinski definition) is 5. The van der Waals surface area contributed by atoms with Crippen LogP contribution in [0, 0.1) is 5.92 Å². The van der Waals surface area contributed by atoms with Crippen LogP contribution >= 0.6 is 11.6 Å². The number of nitrogens with zero attached hydrogens (tertiary/aromatic N) is 4. The second-order valence-corrected chi connectivity index (χ2v) is 11.4. The molecule has 3 aromatic heterocycles. The first-order valence-electron chi connectivity index (χ1n) is 13.8. The molecule has 12 heteroatoms. The fourth-order valence-corrected chi connectivity index (χ4v) is 5.76. The second kappa shape index (κ2) is 11.0. The summed E-state index contributed by atoms with van der Waals surface area (Å²) in [5, 5.41) is 18.2. The van der Waals surface area contributed by atoms with Crippen LogP contribution in [0.3, 0.4) is 0 Å². The molecule has 3 fully saturated rings. The summed E-state index contributed by atoms with van der Waals surface area (Å²) in [7, 11) is 0. The molecule has 11 nitrogen and oxygen atoms in total. The van der Waals surface area contributed by atoms with E-state index in [1.54, 1.807) is 16.6 Å². The van der Waals surface area contributed by atoms with Crippen molar-refractivity contribution in [2.75, 3.05) is 16.0 Å². The Morgan fingerprint density at radius 3 is 2.41 bits per heavy atom. The van der Waals surface area contributed by atoms with Crippen LogP contribution in [0.4, 0.5) is 17.2 Å². The number of nitrogens with one attached hydrogen (secondary N) is 4. The van der Waals surface area contributed by atoms with Gasteiger partial charge in [0.05, 0.1) is 11.9 Å². The lowest BCUT2D eigenvalue weighted by molar-refractivity contribution is -0.125. The number of fused-ring (bicyclic) bond motifs is 1. The van der Waals surface area contributed by atoms with Crippen molar-refractivity contribution < 1.29 is 9.59 Å². The topological polar surface area (TPSA) is 151 Å². The largest absolute Gasteiger partial charge is 0.379 e. The molecule has 6 rings (SSSR count). The van der Waals surface area contributed by atoms with E-state index >= 15 is 0 Å². The van der Waals surface area contributed by atoms with Crippen molar-refractivity contribution in [1.29, 1.82) is 0 Å². The number of pyridine rings is 1. The Bertz CT molecular complexity index is 1370. The lowest BCUT2D eigenvalue weighted by Gasteiger charge is -2.30. The maximum Gasteiger partial charge on any atom is 0.276 e. The number of carbonyl (C=O) groups is 2. The summed E-state index contributed by atoms with van der Waals surface area (Å²) < 4.78 is 1.59. The van der Waals surface area contributed by atoms with E-state index < -0.39 is 0 Å². The Kier molecular flexibility index (Phi) is 7.26. The van der Waals surface area contributed by atoms with E-state index in [0.717, 1.165) is 63.5 Å². The van der Waals surface area contributed by atoms with Gasteiger partial charge < -0.3 is 27.0 Å². The lowest BCUT2D eigenvalue weighted by Crippen LogP contribution is -2.42. The number of imidazole rings is 1. The predicted molar refractivity (Wildman–Crippen MR) is 150 cm³/mol. The Balaban J connectivity index is 1.14. The van der Waals surface area contributed by atoms with Gasteiger partial charge in [0.1, 0.15) is 11.0 Å². The summed E-state index contributed by atoms with van der Waals surface area (Å²) in [5.74, 6) is 0.548. The molecule has 3 aliphatic carbocycles. The Labute approximate surface area is 231 Å². The zero-order valence-corrected chi connectivity index (χ0v) is 22.5. The van der Waals surface area contributed by atoms with E-state index in [9.17, 15) is 9.59 Å². The molecule has 2 atom stereocenters. The van der Waals surface area contributed by atoms with Gasteiger partial charge >= 0.3 is 0 Å². The summed E-state index contributed by atoms with van der Waals surface area (Å²) in [6.07, 6.45) is 11.5. The highest BCUT2D eigenvalue weighted by Crippen LogP contribution is 2.30. The molecule has 0 saturated heterocycles. The SMILES string of the molecule is N[C@@H]1CC[C@H](C(=O)NC2CCC(Nc3cc(NC4CC4)c4ncc(C(=O)Nc5ccnc(Cl)c5)n4n3)CC2)C1. The summed E-state index contributed by atoms with van der Waals surface area (Å²) in [6.45, 7) is 0. The quantitative estimate of drug-likeness (QED) is 0.266. The highest BCUT2D eigenvalue weighted by Gasteiger charge is 2.31. The van der Waals surface area contributed by atoms with Gasteiger partial charge in [-0.2, -0.15) is 0 Å².